The van der Waals surface area contributed by atoms with E-state index in [4.69, 9.17) is 17.0 Å². The average Bonchev–Trinajstić information content (AvgIpc) is 2.39. The Kier molecular flexibility index (Phi) is 5.85. The topological polar surface area (TPSA) is 109 Å². The molecule has 1 aromatic carbocycles. The van der Waals surface area contributed by atoms with Crippen molar-refractivity contribution in [2.24, 2.45) is 5.10 Å². The van der Waals surface area contributed by atoms with Gasteiger partial charge in [-0.15, -0.1) is 0 Å². The summed E-state index contributed by atoms with van der Waals surface area (Å²) in [5.74, 6) is -0.530. The van der Waals surface area contributed by atoms with Crippen LogP contribution in [-0.2, 0) is 0 Å². The number of benzene rings is 1. The molecule has 0 aliphatic heterocycles. The van der Waals surface area contributed by atoms with Gasteiger partial charge < -0.3 is 15.2 Å². The maximum atomic E-state index is 10.8. The fourth-order valence-electron chi connectivity index (χ4n) is 1.44. The Labute approximate surface area is 127 Å². The van der Waals surface area contributed by atoms with Gasteiger partial charge in [0.05, 0.1) is 18.2 Å². The summed E-state index contributed by atoms with van der Waals surface area (Å²) in [7, 11) is 1.31. The predicted octanol–water partition coefficient (Wildman–Crippen LogP) is 1.52. The zero-order valence-corrected chi connectivity index (χ0v) is 12.6. The second kappa shape index (κ2) is 7.39. The van der Waals surface area contributed by atoms with Gasteiger partial charge in [-0.25, -0.2) is 0 Å². The van der Waals surface area contributed by atoms with Gasteiger partial charge in [0, 0.05) is 17.7 Å². The Morgan fingerprint density at radius 3 is 2.76 bits per heavy atom. The van der Waals surface area contributed by atoms with Gasteiger partial charge in [-0.1, -0.05) is 0 Å². The van der Waals surface area contributed by atoms with E-state index in [1.807, 2.05) is 13.8 Å². The van der Waals surface area contributed by atoms with Crippen molar-refractivity contribution < 1.29 is 14.8 Å². The summed E-state index contributed by atoms with van der Waals surface area (Å²) in [6, 6.07) is 2.77. The number of nitrogens with zero attached hydrogens (tertiary/aromatic N) is 2. The second-order valence-corrected chi connectivity index (χ2v) is 4.75. The highest BCUT2D eigenvalue weighted by Crippen LogP contribution is 2.36. The van der Waals surface area contributed by atoms with Crippen molar-refractivity contribution in [3.8, 4) is 11.5 Å². The lowest BCUT2D eigenvalue weighted by molar-refractivity contribution is -0.386. The number of phenolic OH excluding ortho intramolecular Hbond substituents is 1. The van der Waals surface area contributed by atoms with Crippen LogP contribution in [0.1, 0.15) is 19.4 Å². The normalized spacial score (nSPS) is 10.7. The number of rotatable bonds is 5. The van der Waals surface area contributed by atoms with E-state index in [-0.39, 0.29) is 11.8 Å². The van der Waals surface area contributed by atoms with Gasteiger partial charge >= 0.3 is 5.69 Å². The van der Waals surface area contributed by atoms with Crippen LogP contribution in [0.2, 0.25) is 0 Å². The summed E-state index contributed by atoms with van der Waals surface area (Å²) < 4.78 is 4.88. The Hall–Kier alpha value is -2.42. The Morgan fingerprint density at radius 1 is 1.57 bits per heavy atom. The van der Waals surface area contributed by atoms with Gasteiger partial charge in [-0.3, -0.25) is 15.5 Å². The molecular formula is C12H16N4O4S. The number of nitrogens with one attached hydrogen (secondary N) is 2. The summed E-state index contributed by atoms with van der Waals surface area (Å²) in [6.45, 7) is 3.85. The largest absolute Gasteiger partial charge is 0.500 e. The van der Waals surface area contributed by atoms with E-state index in [1.165, 1.54) is 25.5 Å². The number of phenols is 1. The van der Waals surface area contributed by atoms with Crippen LogP contribution in [0.4, 0.5) is 5.69 Å². The molecule has 0 spiro atoms. The molecule has 0 amide bonds. The molecular weight excluding hydrogens is 296 g/mol. The van der Waals surface area contributed by atoms with Gasteiger partial charge in [0.25, 0.3) is 0 Å². The fourth-order valence-corrected chi connectivity index (χ4v) is 1.73. The summed E-state index contributed by atoms with van der Waals surface area (Å²) in [6.07, 6.45) is 1.34. The van der Waals surface area contributed by atoms with Gasteiger partial charge in [-0.05, 0) is 32.1 Å². The highest BCUT2D eigenvalue weighted by molar-refractivity contribution is 7.80. The number of hydrazone groups is 1. The maximum Gasteiger partial charge on any atom is 0.315 e. The minimum atomic E-state index is -0.701. The molecule has 9 heteroatoms. The molecule has 0 saturated heterocycles. The maximum absolute atomic E-state index is 10.8. The fraction of sp³-hybridized carbons (Fsp3) is 0.333. The molecule has 0 aromatic heterocycles. The molecule has 3 N–H and O–H groups in total. The summed E-state index contributed by atoms with van der Waals surface area (Å²) in [5, 5.41) is 27.6. The van der Waals surface area contributed by atoms with Gasteiger partial charge in [0.2, 0.25) is 5.75 Å². The van der Waals surface area contributed by atoms with E-state index in [0.29, 0.717) is 10.7 Å². The molecule has 114 valence electrons. The molecule has 21 heavy (non-hydrogen) atoms. The van der Waals surface area contributed by atoms with Crippen LogP contribution in [0.3, 0.4) is 0 Å². The van der Waals surface area contributed by atoms with E-state index in [1.54, 1.807) is 0 Å². The minimum Gasteiger partial charge on any atom is -0.500 e. The molecule has 0 fully saturated rings. The molecule has 0 radical (unpaired) electrons. The summed E-state index contributed by atoms with van der Waals surface area (Å²) in [4.78, 5) is 10.1. The Morgan fingerprint density at radius 2 is 2.24 bits per heavy atom. The van der Waals surface area contributed by atoms with Crippen molar-refractivity contribution in [1.29, 1.82) is 0 Å². The molecule has 1 rings (SSSR count). The quantitative estimate of drug-likeness (QED) is 0.327. The van der Waals surface area contributed by atoms with Crippen LogP contribution < -0.4 is 15.5 Å². The summed E-state index contributed by atoms with van der Waals surface area (Å²) in [5.41, 5.74) is 2.51. The molecule has 0 saturated carbocycles. The number of hydrogen-bond donors (Lipinski definition) is 3. The predicted molar refractivity (Wildman–Crippen MR) is 82.9 cm³/mol. The zero-order chi connectivity index (χ0) is 16.0. The van der Waals surface area contributed by atoms with Crippen LogP contribution in [0.15, 0.2) is 17.2 Å². The highest BCUT2D eigenvalue weighted by atomic mass is 32.1. The zero-order valence-electron chi connectivity index (χ0n) is 11.8. The average molecular weight is 312 g/mol. The number of nitro groups is 1. The van der Waals surface area contributed by atoms with Crippen LogP contribution in [-0.4, -0.2) is 34.5 Å². The minimum absolute atomic E-state index is 0.00599. The standard InChI is InChI=1S/C12H16N4O4S/c1-7(2)14-12(21)15-13-6-8-4-9(16(18)19)11(17)10(5-8)20-3/h4-7,17H,1-3H3,(H2,14,15,21)/b13-6-. The van der Waals surface area contributed by atoms with Crippen LogP contribution in [0.25, 0.3) is 0 Å². The van der Waals surface area contributed by atoms with Crippen molar-refractivity contribution in [1.82, 2.24) is 10.7 Å². The van der Waals surface area contributed by atoms with Crippen LogP contribution >= 0.6 is 12.2 Å². The first-order valence-electron chi connectivity index (χ1n) is 6.00. The van der Waals surface area contributed by atoms with Crippen molar-refractivity contribution >= 4 is 29.2 Å². The number of ether oxygens (including phenoxy) is 1. The van der Waals surface area contributed by atoms with Crippen molar-refractivity contribution in [2.75, 3.05) is 7.11 Å². The Balaban J connectivity index is 2.91. The van der Waals surface area contributed by atoms with E-state index < -0.39 is 16.4 Å². The van der Waals surface area contributed by atoms with E-state index in [0.717, 1.165) is 0 Å². The van der Waals surface area contributed by atoms with Gasteiger partial charge in [0.15, 0.2) is 10.9 Å². The number of methoxy groups -OCH3 is 1. The second-order valence-electron chi connectivity index (χ2n) is 4.35. The van der Waals surface area contributed by atoms with E-state index >= 15 is 0 Å². The van der Waals surface area contributed by atoms with Gasteiger partial charge in [0.1, 0.15) is 0 Å². The first-order valence-corrected chi connectivity index (χ1v) is 6.41. The van der Waals surface area contributed by atoms with Crippen LogP contribution in [0, 0.1) is 10.1 Å². The SMILES string of the molecule is COc1cc(/C=N\NC(=S)NC(C)C)cc([N+](=O)[O-])c1O. The molecule has 8 nitrogen and oxygen atoms in total. The summed E-state index contributed by atoms with van der Waals surface area (Å²) >= 11 is 4.97. The lowest BCUT2D eigenvalue weighted by atomic mass is 10.2. The molecule has 0 aliphatic rings. The first-order chi connectivity index (χ1) is 9.85. The molecule has 1 aromatic rings. The molecule has 0 aliphatic carbocycles. The van der Waals surface area contributed by atoms with Crippen molar-refractivity contribution in [3.05, 3.63) is 27.8 Å². The lowest BCUT2D eigenvalue weighted by Gasteiger charge is -2.09. The third-order valence-electron chi connectivity index (χ3n) is 2.29. The third-order valence-corrected chi connectivity index (χ3v) is 2.50. The van der Waals surface area contributed by atoms with Crippen molar-refractivity contribution in [2.45, 2.75) is 19.9 Å². The highest BCUT2D eigenvalue weighted by Gasteiger charge is 2.19. The number of nitro benzene ring substituents is 1. The molecule has 0 heterocycles. The monoisotopic (exact) mass is 312 g/mol. The molecule has 0 atom stereocenters. The van der Waals surface area contributed by atoms with E-state index in [2.05, 4.69) is 15.8 Å². The number of aromatic hydroxyl groups is 1. The van der Waals surface area contributed by atoms with E-state index in [9.17, 15) is 15.2 Å². The smallest absolute Gasteiger partial charge is 0.315 e. The lowest BCUT2D eigenvalue weighted by Crippen LogP contribution is -2.36. The molecule has 0 bridgehead atoms. The number of hydrogen-bond acceptors (Lipinski definition) is 6. The number of thiocarbonyl (C=S) groups is 1. The van der Waals surface area contributed by atoms with Gasteiger partial charge in [-0.2, -0.15) is 5.10 Å². The van der Waals surface area contributed by atoms with Crippen LogP contribution in [0.5, 0.6) is 11.5 Å². The first kappa shape index (κ1) is 16.6. The van der Waals surface area contributed by atoms with Crippen molar-refractivity contribution in [3.63, 3.8) is 0 Å². The molecule has 0 unspecified atom stereocenters. The Bertz CT molecular complexity index is 575. The third kappa shape index (κ3) is 4.88.